The zero-order valence-electron chi connectivity index (χ0n) is 30.5. The van der Waals surface area contributed by atoms with Crippen molar-refractivity contribution in [1.82, 2.24) is 25.2 Å². The summed E-state index contributed by atoms with van der Waals surface area (Å²) in [4.78, 5) is 54.5. The molecule has 15 nitrogen and oxygen atoms in total. The zero-order chi connectivity index (χ0) is 37.1. The van der Waals surface area contributed by atoms with Crippen LogP contribution in [0, 0.1) is 5.92 Å². The molecule has 3 N–H and O–H groups in total. The molecule has 0 aliphatic carbocycles. The van der Waals surface area contributed by atoms with Crippen LogP contribution >= 0.6 is 0 Å². The van der Waals surface area contributed by atoms with E-state index in [0.717, 1.165) is 37.0 Å². The number of fused-ring (bicyclic) bond motifs is 10. The normalized spacial score (nSPS) is 17.2. The van der Waals surface area contributed by atoms with Crippen molar-refractivity contribution in [3.05, 3.63) is 53.6 Å². The first-order chi connectivity index (χ1) is 25.0. The second-order valence-corrected chi connectivity index (χ2v) is 13.6. The van der Waals surface area contributed by atoms with E-state index in [0.29, 0.717) is 56.7 Å². The highest BCUT2D eigenvalue weighted by molar-refractivity contribution is 5.99. The molecule has 3 aromatic rings. The van der Waals surface area contributed by atoms with E-state index in [1.165, 1.54) is 7.11 Å². The topological polar surface area (TPSA) is 175 Å². The fourth-order valence-electron chi connectivity index (χ4n) is 5.80. The van der Waals surface area contributed by atoms with Crippen molar-refractivity contribution in [3.8, 4) is 17.5 Å². The van der Waals surface area contributed by atoms with Crippen molar-refractivity contribution in [2.75, 3.05) is 50.7 Å². The third-order valence-corrected chi connectivity index (χ3v) is 8.40. The summed E-state index contributed by atoms with van der Waals surface area (Å²) in [5.74, 6) is 0.133. The third kappa shape index (κ3) is 10.8. The Kier molecular flexibility index (Phi) is 12.9. The largest absolute Gasteiger partial charge is 0.494 e. The molecule has 2 aromatic carbocycles. The first-order valence-electron chi connectivity index (χ1n) is 17.8. The van der Waals surface area contributed by atoms with Crippen molar-refractivity contribution in [1.29, 1.82) is 0 Å². The summed E-state index contributed by atoms with van der Waals surface area (Å²) in [6.45, 7) is 9.61. The maximum absolute atomic E-state index is 13.9. The summed E-state index contributed by atoms with van der Waals surface area (Å²) in [6.07, 6.45) is 3.51. The maximum Gasteiger partial charge on any atom is 0.410 e. The van der Waals surface area contributed by atoms with E-state index < -0.39 is 29.6 Å². The van der Waals surface area contributed by atoms with Gasteiger partial charge in [-0.2, -0.15) is 15.0 Å². The number of rotatable bonds is 6. The SMILES string of the molecule is CCOc1nc2nc(n1)Nc1ccc(C(=O)NC(C(=O)OC)C3CCN(C(=O)OC(C)(C)C)C3)c(c1)OCCCCCCOc1ccc(cc1)CN2. The molecule has 0 spiro atoms. The Morgan fingerprint density at radius 1 is 0.981 bits per heavy atom. The number of ether oxygens (including phenoxy) is 5. The lowest BCUT2D eigenvalue weighted by molar-refractivity contribution is -0.144. The number of hydrogen-bond acceptors (Lipinski definition) is 13. The molecule has 15 heteroatoms. The molecule has 0 radical (unpaired) electrons. The molecule has 1 aromatic heterocycles. The number of anilines is 3. The van der Waals surface area contributed by atoms with Crippen molar-refractivity contribution in [2.24, 2.45) is 5.92 Å². The van der Waals surface area contributed by atoms with E-state index >= 15 is 0 Å². The average molecular weight is 720 g/mol. The van der Waals surface area contributed by atoms with E-state index in [-0.39, 0.29) is 30.0 Å². The highest BCUT2D eigenvalue weighted by Gasteiger charge is 2.39. The molecule has 3 aliphatic rings. The molecule has 2 unspecified atom stereocenters. The van der Waals surface area contributed by atoms with Gasteiger partial charge in [-0.1, -0.05) is 12.1 Å². The van der Waals surface area contributed by atoms with Gasteiger partial charge < -0.3 is 44.5 Å². The Hall–Kier alpha value is -5.34. The molecule has 1 saturated heterocycles. The maximum atomic E-state index is 13.9. The van der Waals surface area contributed by atoms with Gasteiger partial charge in [-0.25, -0.2) is 9.59 Å². The molecule has 1 fully saturated rings. The smallest absolute Gasteiger partial charge is 0.410 e. The predicted octanol–water partition coefficient (Wildman–Crippen LogP) is 5.49. The van der Waals surface area contributed by atoms with Crippen LogP contribution in [0.15, 0.2) is 42.5 Å². The van der Waals surface area contributed by atoms with Crippen LogP contribution in [0.5, 0.6) is 17.5 Å². The Morgan fingerprint density at radius 2 is 1.71 bits per heavy atom. The number of nitrogens with zero attached hydrogens (tertiary/aromatic N) is 4. The van der Waals surface area contributed by atoms with Crippen LogP contribution in [0.3, 0.4) is 0 Å². The highest BCUT2D eigenvalue weighted by Crippen LogP contribution is 2.28. The van der Waals surface area contributed by atoms with Crippen molar-refractivity contribution in [2.45, 2.75) is 78.0 Å². The molecule has 6 bridgehead atoms. The van der Waals surface area contributed by atoms with Gasteiger partial charge in [0.1, 0.15) is 23.1 Å². The molecular formula is C37H49N7O8. The number of carbonyl (C=O) groups is 3. The third-order valence-electron chi connectivity index (χ3n) is 8.40. The van der Waals surface area contributed by atoms with Crippen LogP contribution in [0.4, 0.5) is 22.4 Å². The average Bonchev–Trinajstić information content (AvgIpc) is 3.60. The molecule has 0 saturated carbocycles. The fraction of sp³-hybridized carbons (Fsp3) is 0.514. The minimum Gasteiger partial charge on any atom is -0.494 e. The molecule has 6 rings (SSSR count). The molecule has 280 valence electrons. The number of aromatic nitrogens is 3. The Balaban J connectivity index is 1.37. The Bertz CT molecular complexity index is 1680. The number of nitrogens with one attached hydrogen (secondary N) is 3. The van der Waals surface area contributed by atoms with Gasteiger partial charge >= 0.3 is 18.1 Å². The van der Waals surface area contributed by atoms with Gasteiger partial charge in [-0.05, 0) is 89.6 Å². The van der Waals surface area contributed by atoms with E-state index in [4.69, 9.17) is 23.7 Å². The number of hydrogen-bond donors (Lipinski definition) is 3. The van der Waals surface area contributed by atoms with E-state index in [1.807, 2.05) is 31.2 Å². The summed E-state index contributed by atoms with van der Waals surface area (Å²) in [6, 6.07) is 12.0. The number of esters is 1. The quantitative estimate of drug-likeness (QED) is 0.273. The predicted molar refractivity (Wildman–Crippen MR) is 193 cm³/mol. The first-order valence-corrected chi connectivity index (χ1v) is 17.8. The summed E-state index contributed by atoms with van der Waals surface area (Å²) in [5.41, 5.74) is 1.14. The van der Waals surface area contributed by atoms with Gasteiger partial charge in [0.2, 0.25) is 11.9 Å². The second kappa shape index (κ2) is 17.7. The number of methoxy groups -OCH3 is 1. The molecule has 2 atom stereocenters. The number of benzene rings is 2. The lowest BCUT2D eigenvalue weighted by atomic mass is 9.98. The summed E-state index contributed by atoms with van der Waals surface area (Å²) in [7, 11) is 1.27. The van der Waals surface area contributed by atoms with Gasteiger partial charge in [-0.3, -0.25) is 4.79 Å². The van der Waals surface area contributed by atoms with Crippen LogP contribution < -0.4 is 30.2 Å². The molecular weight excluding hydrogens is 670 g/mol. The summed E-state index contributed by atoms with van der Waals surface area (Å²) < 4.78 is 28.3. The van der Waals surface area contributed by atoms with E-state index in [1.54, 1.807) is 43.9 Å². The van der Waals surface area contributed by atoms with E-state index in [9.17, 15) is 14.4 Å². The molecule has 3 aliphatic heterocycles. The van der Waals surface area contributed by atoms with Crippen LogP contribution in [0.25, 0.3) is 0 Å². The monoisotopic (exact) mass is 719 g/mol. The highest BCUT2D eigenvalue weighted by atomic mass is 16.6. The van der Waals surface area contributed by atoms with Gasteiger partial charge in [-0.15, -0.1) is 0 Å². The van der Waals surface area contributed by atoms with Crippen LogP contribution in [-0.2, 0) is 20.8 Å². The van der Waals surface area contributed by atoms with Gasteiger partial charge in [0.15, 0.2) is 0 Å². The molecule has 4 heterocycles. The minimum atomic E-state index is -1.00. The van der Waals surface area contributed by atoms with E-state index in [2.05, 4.69) is 30.9 Å². The fourth-order valence-corrected chi connectivity index (χ4v) is 5.80. The first kappa shape index (κ1) is 37.9. The van der Waals surface area contributed by atoms with Crippen LogP contribution in [-0.4, -0.2) is 89.5 Å². The lowest BCUT2D eigenvalue weighted by Crippen LogP contribution is -2.48. The van der Waals surface area contributed by atoms with Crippen LogP contribution in [0.2, 0.25) is 0 Å². The zero-order valence-corrected chi connectivity index (χ0v) is 30.5. The number of likely N-dealkylation sites (tertiary alicyclic amines) is 1. The molecule has 2 amide bonds. The Morgan fingerprint density at radius 3 is 2.42 bits per heavy atom. The lowest BCUT2D eigenvalue weighted by Gasteiger charge is -2.26. The van der Waals surface area contributed by atoms with Crippen molar-refractivity contribution < 1.29 is 38.1 Å². The minimum absolute atomic E-state index is 0.142. The van der Waals surface area contributed by atoms with Gasteiger partial charge in [0, 0.05) is 37.3 Å². The van der Waals surface area contributed by atoms with Crippen molar-refractivity contribution in [3.63, 3.8) is 0 Å². The number of carbonyl (C=O) groups excluding carboxylic acids is 3. The standard InChI is InChI=1S/C37H49N7O8/c1-6-49-35-42-33-38-22-24-11-14-27(15-12-24)50-19-9-7-8-10-20-51-29-21-26(39-34(41-33)43-35)13-16-28(29)31(45)40-30(32(46)48-5)25-17-18-44(23-25)36(47)52-37(2,3)4/h11-16,21,25,30H,6-10,17-20,22-23H2,1-5H3,(H,40,45)(H2,38,39,41,42,43). The van der Waals surface area contributed by atoms with Crippen LogP contribution in [0.1, 0.15) is 75.7 Å². The van der Waals surface area contributed by atoms with Gasteiger partial charge in [0.25, 0.3) is 5.91 Å². The second-order valence-electron chi connectivity index (χ2n) is 13.6. The Labute approximate surface area is 304 Å². The molecule has 52 heavy (non-hydrogen) atoms. The van der Waals surface area contributed by atoms with Crippen molar-refractivity contribution >= 4 is 35.6 Å². The number of amides is 2. The van der Waals surface area contributed by atoms with Gasteiger partial charge in [0.05, 0.1) is 32.5 Å². The summed E-state index contributed by atoms with van der Waals surface area (Å²) in [5, 5.41) is 9.27. The summed E-state index contributed by atoms with van der Waals surface area (Å²) >= 11 is 0.